The van der Waals surface area contributed by atoms with Crippen LogP contribution in [0.15, 0.2) is 18.2 Å². The van der Waals surface area contributed by atoms with Gasteiger partial charge in [-0.05, 0) is 23.7 Å². The molecule has 0 saturated carbocycles. The molecule has 2 rings (SSSR count). The predicted molar refractivity (Wildman–Crippen MR) is 63.7 cm³/mol. The molecule has 0 aliphatic heterocycles. The topological polar surface area (TPSA) is 26.3 Å². The average molecular weight is 297 g/mol. The molecule has 1 heterocycles. The van der Waals surface area contributed by atoms with Gasteiger partial charge >= 0.3 is 6.61 Å². The molecule has 1 aromatic heterocycles. The van der Waals surface area contributed by atoms with Crippen molar-refractivity contribution in [3.05, 3.63) is 28.1 Å². The first-order chi connectivity index (χ1) is 8.00. The zero-order valence-corrected chi connectivity index (χ0v) is 10.4. The Kier molecular flexibility index (Phi) is 3.51. The lowest BCUT2D eigenvalue weighted by molar-refractivity contribution is -0.0487. The molecule has 0 atom stereocenters. The zero-order chi connectivity index (χ0) is 12.6. The molecule has 0 aliphatic carbocycles. The second kappa shape index (κ2) is 4.76. The first-order valence-electron chi connectivity index (χ1n) is 4.36. The highest BCUT2D eigenvalue weighted by atomic mass is 35.5. The second-order valence-electron chi connectivity index (χ2n) is 3.03. The molecule has 7 heteroatoms. The smallest absolute Gasteiger partial charge is 0.387 e. The molecule has 0 saturated heterocycles. The van der Waals surface area contributed by atoms with Gasteiger partial charge in [0.15, 0.2) is 0 Å². The van der Waals surface area contributed by atoms with E-state index in [0.29, 0.717) is 4.70 Å². The maximum Gasteiger partial charge on any atom is 0.387 e. The lowest BCUT2D eigenvalue weighted by atomic mass is 10.2. The van der Waals surface area contributed by atoms with Crippen LogP contribution in [-0.4, -0.2) is 11.9 Å². The van der Waals surface area contributed by atoms with Gasteiger partial charge < -0.3 is 4.74 Å². The Labute approximate surface area is 109 Å². The fourth-order valence-electron chi connectivity index (χ4n) is 1.40. The summed E-state index contributed by atoms with van der Waals surface area (Å²) < 4.78 is 29.3. The Morgan fingerprint density at radius 2 is 2.12 bits per heavy atom. The van der Waals surface area contributed by atoms with Crippen molar-refractivity contribution < 1.29 is 18.3 Å². The molecule has 0 fully saturated rings. The largest absolute Gasteiger partial charge is 0.434 e. The third-order valence-corrected chi connectivity index (χ3v) is 3.96. The maximum absolute atomic E-state index is 12.2. The monoisotopic (exact) mass is 296 g/mol. The summed E-state index contributed by atoms with van der Waals surface area (Å²) in [6, 6.07) is 4.54. The van der Waals surface area contributed by atoms with Crippen LogP contribution in [0.2, 0.25) is 5.02 Å². The van der Waals surface area contributed by atoms with Crippen LogP contribution in [-0.2, 0) is 0 Å². The minimum Gasteiger partial charge on any atom is -0.434 e. The summed E-state index contributed by atoms with van der Waals surface area (Å²) in [4.78, 5) is 11.2. The molecule has 1 aromatic carbocycles. The van der Waals surface area contributed by atoms with Gasteiger partial charge in [0.1, 0.15) is 10.6 Å². The summed E-state index contributed by atoms with van der Waals surface area (Å²) in [6.45, 7) is -2.95. The van der Waals surface area contributed by atoms with Gasteiger partial charge in [-0.1, -0.05) is 17.7 Å². The molecule has 0 radical (unpaired) electrons. The Morgan fingerprint density at radius 3 is 2.71 bits per heavy atom. The van der Waals surface area contributed by atoms with E-state index >= 15 is 0 Å². The Morgan fingerprint density at radius 1 is 1.41 bits per heavy atom. The highest BCUT2D eigenvalue weighted by Gasteiger charge is 2.19. The number of alkyl halides is 2. The highest BCUT2D eigenvalue weighted by Crippen LogP contribution is 2.41. The van der Waals surface area contributed by atoms with Crippen molar-refractivity contribution in [1.82, 2.24) is 0 Å². The number of thiophene rings is 1. The minimum atomic E-state index is -2.95. The summed E-state index contributed by atoms with van der Waals surface area (Å²) >= 11 is 12.3. The number of rotatable bonds is 3. The molecule has 0 unspecified atom stereocenters. The molecule has 0 aliphatic rings. The molecule has 0 bridgehead atoms. The van der Waals surface area contributed by atoms with Crippen molar-refractivity contribution >= 4 is 49.9 Å². The second-order valence-corrected chi connectivity index (χ2v) is 4.80. The van der Waals surface area contributed by atoms with Crippen LogP contribution < -0.4 is 4.74 Å². The maximum atomic E-state index is 12.2. The molecule has 2 nitrogen and oxygen atoms in total. The summed E-state index contributed by atoms with van der Waals surface area (Å²) in [6.07, 6.45) is 0. The van der Waals surface area contributed by atoms with Crippen molar-refractivity contribution in [2.75, 3.05) is 0 Å². The van der Waals surface area contributed by atoms with Crippen molar-refractivity contribution in [2.45, 2.75) is 6.61 Å². The first-order valence-corrected chi connectivity index (χ1v) is 5.93. The standard InChI is InChI=1S/C10H4Cl2F2O2S/c11-7-6-4(16-10(13)14)2-1-3-5(6)17-8(7)9(12)15/h1-3,10H. The number of carbonyl (C=O) groups is 1. The van der Waals surface area contributed by atoms with Crippen LogP contribution in [0.4, 0.5) is 8.78 Å². The third kappa shape index (κ3) is 2.36. The summed E-state index contributed by atoms with van der Waals surface area (Å²) in [7, 11) is 0. The Bertz CT molecular complexity index is 583. The molecule has 0 N–H and O–H groups in total. The van der Waals surface area contributed by atoms with Crippen LogP contribution in [0, 0.1) is 0 Å². The minimum absolute atomic E-state index is 0.0428. The van der Waals surface area contributed by atoms with Crippen molar-refractivity contribution in [3.63, 3.8) is 0 Å². The SMILES string of the molecule is O=C(Cl)c1sc2cccc(OC(F)F)c2c1Cl. The summed E-state index contributed by atoms with van der Waals surface area (Å²) in [5.74, 6) is -0.0667. The molecular formula is C10H4Cl2F2O2S. The number of hydrogen-bond acceptors (Lipinski definition) is 3. The molecule has 2 aromatic rings. The molecule has 90 valence electrons. The van der Waals surface area contributed by atoms with Gasteiger partial charge in [-0.2, -0.15) is 8.78 Å². The Balaban J connectivity index is 2.66. The lowest BCUT2D eigenvalue weighted by Crippen LogP contribution is -2.01. The normalized spacial score (nSPS) is 11.1. The van der Waals surface area contributed by atoms with Crippen LogP contribution in [0.5, 0.6) is 5.75 Å². The van der Waals surface area contributed by atoms with E-state index in [2.05, 4.69) is 4.74 Å². The van der Waals surface area contributed by atoms with Gasteiger partial charge in [0.25, 0.3) is 5.24 Å². The van der Waals surface area contributed by atoms with E-state index in [1.165, 1.54) is 12.1 Å². The number of fused-ring (bicyclic) bond motifs is 1. The molecular weight excluding hydrogens is 293 g/mol. The van der Waals surface area contributed by atoms with Crippen molar-refractivity contribution in [1.29, 1.82) is 0 Å². The van der Waals surface area contributed by atoms with Gasteiger partial charge in [0, 0.05) is 4.70 Å². The number of halogens is 4. The van der Waals surface area contributed by atoms with E-state index in [9.17, 15) is 13.6 Å². The lowest BCUT2D eigenvalue weighted by Gasteiger charge is -2.05. The quantitative estimate of drug-likeness (QED) is 0.778. The highest BCUT2D eigenvalue weighted by molar-refractivity contribution is 7.23. The van der Waals surface area contributed by atoms with Crippen LogP contribution in [0.3, 0.4) is 0 Å². The Hall–Kier alpha value is -0.910. The van der Waals surface area contributed by atoms with E-state index < -0.39 is 11.9 Å². The van der Waals surface area contributed by atoms with Gasteiger partial charge in [-0.25, -0.2) is 0 Å². The number of carbonyl (C=O) groups excluding carboxylic acids is 1. The van der Waals surface area contributed by atoms with E-state index in [1.54, 1.807) is 6.07 Å². The zero-order valence-electron chi connectivity index (χ0n) is 8.05. The van der Waals surface area contributed by atoms with Gasteiger partial charge in [0.2, 0.25) is 0 Å². The summed E-state index contributed by atoms with van der Waals surface area (Å²) in [5, 5.41) is -0.399. The van der Waals surface area contributed by atoms with Crippen molar-refractivity contribution in [2.24, 2.45) is 0 Å². The van der Waals surface area contributed by atoms with Gasteiger partial charge in [-0.3, -0.25) is 4.79 Å². The van der Waals surface area contributed by atoms with E-state index in [1.807, 2.05) is 0 Å². The van der Waals surface area contributed by atoms with Gasteiger partial charge in [-0.15, -0.1) is 11.3 Å². The van der Waals surface area contributed by atoms with Crippen LogP contribution in [0.1, 0.15) is 9.67 Å². The predicted octanol–water partition coefficient (Wildman–Crippen LogP) is 4.54. The molecule has 0 spiro atoms. The van der Waals surface area contributed by atoms with Crippen molar-refractivity contribution in [3.8, 4) is 5.75 Å². The molecule has 17 heavy (non-hydrogen) atoms. The van der Waals surface area contributed by atoms with E-state index in [-0.39, 0.29) is 21.0 Å². The van der Waals surface area contributed by atoms with Gasteiger partial charge in [0.05, 0.1) is 10.4 Å². The first kappa shape index (κ1) is 12.5. The van der Waals surface area contributed by atoms with E-state index in [0.717, 1.165) is 11.3 Å². The van der Waals surface area contributed by atoms with E-state index in [4.69, 9.17) is 23.2 Å². The fourth-order valence-corrected chi connectivity index (χ4v) is 3.06. The summed E-state index contributed by atoms with van der Waals surface area (Å²) in [5.41, 5.74) is 0. The third-order valence-electron chi connectivity index (χ3n) is 2.01. The van der Waals surface area contributed by atoms with Crippen LogP contribution in [0.25, 0.3) is 10.1 Å². The fraction of sp³-hybridized carbons (Fsp3) is 0.100. The average Bonchev–Trinajstić information content (AvgIpc) is 2.56. The van der Waals surface area contributed by atoms with Crippen LogP contribution >= 0.6 is 34.5 Å². The number of ether oxygens (including phenoxy) is 1. The molecule has 0 amide bonds. The number of hydrogen-bond donors (Lipinski definition) is 0. The number of benzene rings is 1.